The van der Waals surface area contributed by atoms with Gasteiger partial charge in [0.15, 0.2) is 23.0 Å². The molecule has 6 heteroatoms. The second-order valence-electron chi connectivity index (χ2n) is 6.06. The Hall–Kier alpha value is -2.11. The first-order chi connectivity index (χ1) is 13.1. The van der Waals surface area contributed by atoms with Crippen LogP contribution in [-0.4, -0.2) is 34.5 Å². The lowest BCUT2D eigenvalue weighted by Gasteiger charge is -2.16. The van der Waals surface area contributed by atoms with E-state index in [0.717, 1.165) is 42.2 Å². The van der Waals surface area contributed by atoms with Crippen LogP contribution in [0.5, 0.6) is 23.0 Å². The number of benzene rings is 2. The Kier molecular flexibility index (Phi) is 8.55. The zero-order valence-electron chi connectivity index (χ0n) is 16.4. The van der Waals surface area contributed by atoms with Gasteiger partial charge in [0.1, 0.15) is 0 Å². The molecule has 27 heavy (non-hydrogen) atoms. The smallest absolute Gasteiger partial charge is 0.165 e. The van der Waals surface area contributed by atoms with Gasteiger partial charge in [0.2, 0.25) is 0 Å². The van der Waals surface area contributed by atoms with Gasteiger partial charge < -0.3 is 24.3 Å². The van der Waals surface area contributed by atoms with Crippen molar-refractivity contribution in [3.63, 3.8) is 0 Å². The van der Waals surface area contributed by atoms with E-state index in [0.29, 0.717) is 23.9 Å². The molecule has 1 N–H and O–H groups in total. The van der Waals surface area contributed by atoms with Gasteiger partial charge in [-0.2, -0.15) is 0 Å². The molecular weight excluding hydrogens is 366 g/mol. The van der Waals surface area contributed by atoms with Gasteiger partial charge in [0.05, 0.1) is 27.9 Å². The van der Waals surface area contributed by atoms with Crippen molar-refractivity contribution in [1.82, 2.24) is 5.32 Å². The second-order valence-corrected chi connectivity index (χ2v) is 6.50. The zero-order valence-corrected chi connectivity index (χ0v) is 17.2. The Bertz CT molecular complexity index is 736. The third-order valence-corrected chi connectivity index (χ3v) is 4.34. The van der Waals surface area contributed by atoms with Gasteiger partial charge in [-0.3, -0.25) is 0 Å². The number of halogens is 1. The fourth-order valence-corrected chi connectivity index (χ4v) is 3.00. The lowest BCUT2D eigenvalue weighted by atomic mass is 10.1. The molecule has 0 aliphatic carbocycles. The lowest BCUT2D eigenvalue weighted by molar-refractivity contribution is 0.290. The highest BCUT2D eigenvalue weighted by Crippen LogP contribution is 2.35. The molecule has 0 spiro atoms. The van der Waals surface area contributed by atoms with E-state index >= 15 is 0 Å². The first-order valence-electron chi connectivity index (χ1n) is 9.03. The predicted octanol–water partition coefficient (Wildman–Crippen LogP) is 4.49. The topological polar surface area (TPSA) is 49.0 Å². The van der Waals surface area contributed by atoms with Gasteiger partial charge in [0, 0.05) is 23.2 Å². The van der Waals surface area contributed by atoms with Crippen molar-refractivity contribution in [3.05, 3.63) is 46.5 Å². The summed E-state index contributed by atoms with van der Waals surface area (Å²) in [6.07, 6.45) is 1.79. The van der Waals surface area contributed by atoms with Crippen LogP contribution in [0.3, 0.4) is 0 Å². The minimum Gasteiger partial charge on any atom is -0.493 e. The average Bonchev–Trinajstić information content (AvgIpc) is 2.69. The number of hydrogen-bond donors (Lipinski definition) is 1. The van der Waals surface area contributed by atoms with E-state index in [-0.39, 0.29) is 0 Å². The summed E-state index contributed by atoms with van der Waals surface area (Å²) in [6.45, 7) is 4.15. The van der Waals surface area contributed by atoms with E-state index in [2.05, 4.69) is 12.2 Å². The minimum atomic E-state index is 0.632. The molecule has 2 aromatic carbocycles. The number of rotatable bonds is 11. The second kappa shape index (κ2) is 10.9. The van der Waals surface area contributed by atoms with E-state index < -0.39 is 0 Å². The van der Waals surface area contributed by atoms with Crippen LogP contribution in [0.4, 0.5) is 0 Å². The van der Waals surface area contributed by atoms with Crippen LogP contribution >= 0.6 is 11.6 Å². The molecule has 0 heterocycles. The molecule has 0 aromatic heterocycles. The molecule has 2 aromatic rings. The van der Waals surface area contributed by atoms with E-state index in [1.165, 1.54) is 5.56 Å². The van der Waals surface area contributed by atoms with Crippen LogP contribution in [-0.2, 0) is 13.0 Å². The molecule has 0 radical (unpaired) electrons. The highest BCUT2D eigenvalue weighted by Gasteiger charge is 2.13. The van der Waals surface area contributed by atoms with Gasteiger partial charge in [-0.15, -0.1) is 0 Å². The van der Waals surface area contributed by atoms with Gasteiger partial charge in [-0.1, -0.05) is 24.6 Å². The van der Waals surface area contributed by atoms with Crippen molar-refractivity contribution in [3.8, 4) is 23.0 Å². The molecule has 0 amide bonds. The van der Waals surface area contributed by atoms with Crippen LogP contribution in [0, 0.1) is 0 Å². The Morgan fingerprint density at radius 1 is 0.926 bits per heavy atom. The summed E-state index contributed by atoms with van der Waals surface area (Å²) in [5, 5.41) is 4.08. The monoisotopic (exact) mass is 393 g/mol. The van der Waals surface area contributed by atoms with Crippen LogP contribution < -0.4 is 24.3 Å². The minimum absolute atomic E-state index is 0.632. The van der Waals surface area contributed by atoms with Crippen LogP contribution in [0.2, 0.25) is 5.02 Å². The summed E-state index contributed by atoms with van der Waals surface area (Å²) >= 11 is 6.22. The summed E-state index contributed by atoms with van der Waals surface area (Å²) in [7, 11) is 4.90. The number of hydrogen-bond acceptors (Lipinski definition) is 5. The molecule has 0 aliphatic heterocycles. The molecule has 0 saturated heterocycles. The van der Waals surface area contributed by atoms with Crippen LogP contribution in [0.25, 0.3) is 0 Å². The molecule has 148 valence electrons. The van der Waals surface area contributed by atoms with Crippen LogP contribution in [0.15, 0.2) is 30.3 Å². The molecule has 2 rings (SSSR count). The first kappa shape index (κ1) is 21.2. The van der Waals surface area contributed by atoms with Crippen molar-refractivity contribution in [2.75, 3.05) is 34.5 Å². The van der Waals surface area contributed by atoms with Crippen molar-refractivity contribution in [1.29, 1.82) is 0 Å². The molecule has 0 aliphatic rings. The van der Waals surface area contributed by atoms with Crippen molar-refractivity contribution < 1.29 is 18.9 Å². The number of nitrogens with one attached hydrogen (secondary N) is 1. The maximum atomic E-state index is 6.22. The summed E-state index contributed by atoms with van der Waals surface area (Å²) < 4.78 is 21.9. The molecule has 0 fully saturated rings. The first-order valence-corrected chi connectivity index (χ1v) is 9.41. The van der Waals surface area contributed by atoms with E-state index in [1.54, 1.807) is 27.4 Å². The molecule has 0 atom stereocenters. The van der Waals surface area contributed by atoms with Crippen molar-refractivity contribution in [2.45, 2.75) is 26.3 Å². The highest BCUT2D eigenvalue weighted by atomic mass is 35.5. The molecule has 0 bridgehead atoms. The third kappa shape index (κ3) is 5.94. The fourth-order valence-electron chi connectivity index (χ4n) is 2.77. The van der Waals surface area contributed by atoms with Crippen LogP contribution in [0.1, 0.15) is 24.5 Å². The highest BCUT2D eigenvalue weighted by molar-refractivity contribution is 6.30. The molecule has 5 nitrogen and oxygen atoms in total. The summed E-state index contributed by atoms with van der Waals surface area (Å²) in [5.41, 5.74) is 2.16. The number of ether oxygens (including phenoxy) is 4. The SMILES string of the molecule is CCCOc1c(CNCCc2ccc(OC)c(OC)c2)cc(Cl)cc1OC. The van der Waals surface area contributed by atoms with E-state index in [9.17, 15) is 0 Å². The molecule has 0 unspecified atom stereocenters. The lowest BCUT2D eigenvalue weighted by Crippen LogP contribution is -2.17. The van der Waals surface area contributed by atoms with Gasteiger partial charge in [-0.25, -0.2) is 0 Å². The van der Waals surface area contributed by atoms with Crippen molar-refractivity contribution >= 4 is 11.6 Å². The number of methoxy groups -OCH3 is 3. The average molecular weight is 394 g/mol. The maximum Gasteiger partial charge on any atom is 0.165 e. The Balaban J connectivity index is 1.99. The fraction of sp³-hybridized carbons (Fsp3) is 0.429. The Morgan fingerprint density at radius 2 is 1.67 bits per heavy atom. The summed E-state index contributed by atoms with van der Waals surface area (Å²) in [5.74, 6) is 2.89. The third-order valence-electron chi connectivity index (χ3n) is 4.12. The molecular formula is C21H28ClNO4. The standard InChI is InChI=1S/C21H28ClNO4/c1-5-10-27-21-16(12-17(22)13-20(21)26-4)14-23-9-8-15-6-7-18(24-2)19(11-15)25-3/h6-7,11-13,23H,5,8-10,14H2,1-4H3. The Morgan fingerprint density at radius 3 is 2.33 bits per heavy atom. The van der Waals surface area contributed by atoms with Gasteiger partial charge in [-0.05, 0) is 43.1 Å². The van der Waals surface area contributed by atoms with Gasteiger partial charge >= 0.3 is 0 Å². The van der Waals surface area contributed by atoms with E-state index in [4.69, 9.17) is 30.5 Å². The van der Waals surface area contributed by atoms with E-state index in [1.807, 2.05) is 24.3 Å². The maximum absolute atomic E-state index is 6.22. The normalized spacial score (nSPS) is 10.6. The predicted molar refractivity (Wildman–Crippen MR) is 109 cm³/mol. The quantitative estimate of drug-likeness (QED) is 0.570. The summed E-state index contributed by atoms with van der Waals surface area (Å²) in [4.78, 5) is 0. The molecule has 0 saturated carbocycles. The zero-order chi connectivity index (χ0) is 19.6. The Labute approximate surface area is 166 Å². The largest absolute Gasteiger partial charge is 0.493 e. The van der Waals surface area contributed by atoms with Gasteiger partial charge in [0.25, 0.3) is 0 Å². The van der Waals surface area contributed by atoms with Crippen molar-refractivity contribution in [2.24, 2.45) is 0 Å². The summed E-state index contributed by atoms with van der Waals surface area (Å²) in [6, 6.07) is 9.66.